The van der Waals surface area contributed by atoms with Crippen molar-refractivity contribution in [3.05, 3.63) is 12.3 Å². The van der Waals surface area contributed by atoms with Gasteiger partial charge in [0.1, 0.15) is 6.16 Å². The molecule has 36 heavy (non-hydrogen) atoms. The Morgan fingerprint density at radius 2 is 1.33 bits per heavy atom. The van der Waals surface area contributed by atoms with E-state index >= 15 is 0 Å². The van der Waals surface area contributed by atoms with E-state index in [1.807, 2.05) is 27.2 Å². The van der Waals surface area contributed by atoms with Crippen LogP contribution in [0.25, 0.3) is 0 Å². The van der Waals surface area contributed by atoms with E-state index in [4.69, 9.17) is 14.0 Å². The molecule has 0 amide bonds. The molecule has 0 rings (SSSR count). The molecule has 0 fully saturated rings. The largest absolute Gasteiger partial charge is 0.433 e. The van der Waals surface area contributed by atoms with Crippen LogP contribution in [-0.2, 0) is 18.6 Å². The minimum absolute atomic E-state index is 0.129. The number of hydrogen-bond acceptors (Lipinski definition) is 4. The van der Waals surface area contributed by atoms with E-state index in [-0.39, 0.29) is 11.6 Å². The van der Waals surface area contributed by atoms with Crippen LogP contribution in [0.3, 0.4) is 0 Å². The van der Waals surface area contributed by atoms with E-state index in [1.165, 1.54) is 89.7 Å². The van der Waals surface area contributed by atoms with Gasteiger partial charge in [0.2, 0.25) is 0 Å². The molecule has 0 aliphatic heterocycles. The van der Waals surface area contributed by atoms with Gasteiger partial charge in [0.25, 0.3) is 0 Å². The number of unbranched alkanes of at least 4 members (excludes halogenated alkanes) is 13. The Bertz CT molecular complexity index is 579. The second-order valence-electron chi connectivity index (χ2n) is 11.8. The zero-order chi connectivity index (χ0) is 27.2. The van der Waals surface area contributed by atoms with Crippen molar-refractivity contribution in [2.24, 2.45) is 5.41 Å². The summed E-state index contributed by atoms with van der Waals surface area (Å²) in [7, 11) is 4.00. The first-order valence-electron chi connectivity index (χ1n) is 14.6. The molecule has 1 unspecified atom stereocenters. The average molecular weight is 535 g/mol. The second kappa shape index (κ2) is 21.5. The summed E-state index contributed by atoms with van der Waals surface area (Å²) >= 11 is 0. The van der Waals surface area contributed by atoms with Crippen LogP contribution in [0.15, 0.2) is 12.3 Å². The van der Waals surface area contributed by atoms with E-state index in [0.717, 1.165) is 19.4 Å². The van der Waals surface area contributed by atoms with E-state index in [1.54, 1.807) is 7.11 Å². The van der Waals surface area contributed by atoms with Gasteiger partial charge in [-0.2, -0.15) is 0 Å². The van der Waals surface area contributed by atoms with E-state index < -0.39 is 7.60 Å². The van der Waals surface area contributed by atoms with Crippen LogP contribution >= 0.6 is 7.60 Å². The molecule has 0 heterocycles. The smallest absolute Gasteiger partial charge is 0.381 e. The standard InChI is InChI=1S/C29H60NO5P/c1-7-8-9-10-11-12-13-14-15-16-17-18-19-20-24-34-25-21-29(2,28-33-6)22-26-35-36(31,32)27-23-30(3,4)5/h22,26H,7-21,23-25,27-28H2,1-6H3/p+1/b26-22+/t29-/m0/s1. The minimum atomic E-state index is -3.63. The van der Waals surface area contributed by atoms with Gasteiger partial charge >= 0.3 is 7.60 Å². The summed E-state index contributed by atoms with van der Waals surface area (Å²) in [5.74, 6) is 0. The van der Waals surface area contributed by atoms with Crippen molar-refractivity contribution in [2.75, 3.05) is 60.8 Å². The van der Waals surface area contributed by atoms with Gasteiger partial charge in [0, 0.05) is 25.7 Å². The van der Waals surface area contributed by atoms with Crippen molar-refractivity contribution >= 4 is 7.60 Å². The maximum Gasteiger partial charge on any atom is 0.381 e. The number of methoxy groups -OCH3 is 1. The molecule has 216 valence electrons. The molecule has 0 spiro atoms. The van der Waals surface area contributed by atoms with Crippen molar-refractivity contribution in [1.29, 1.82) is 0 Å². The van der Waals surface area contributed by atoms with Crippen LogP contribution < -0.4 is 0 Å². The summed E-state index contributed by atoms with van der Waals surface area (Å²) in [6, 6.07) is 0. The van der Waals surface area contributed by atoms with E-state index in [9.17, 15) is 9.46 Å². The Morgan fingerprint density at radius 1 is 0.833 bits per heavy atom. The Kier molecular flexibility index (Phi) is 21.3. The number of rotatable bonds is 26. The molecule has 0 aromatic heterocycles. The first-order chi connectivity index (χ1) is 17.0. The van der Waals surface area contributed by atoms with Crippen LogP contribution in [0, 0.1) is 5.41 Å². The molecule has 2 atom stereocenters. The zero-order valence-corrected chi connectivity index (χ0v) is 25.7. The molecular weight excluding hydrogens is 473 g/mol. The van der Waals surface area contributed by atoms with Crippen LogP contribution in [0.4, 0.5) is 0 Å². The molecule has 0 aromatic carbocycles. The topological polar surface area (TPSA) is 65.0 Å². The lowest BCUT2D eigenvalue weighted by atomic mass is 9.88. The van der Waals surface area contributed by atoms with Gasteiger partial charge in [-0.15, -0.1) is 0 Å². The lowest BCUT2D eigenvalue weighted by Crippen LogP contribution is -2.37. The summed E-state index contributed by atoms with van der Waals surface area (Å²) in [4.78, 5) is 10.1. The van der Waals surface area contributed by atoms with Gasteiger partial charge in [0.15, 0.2) is 0 Å². The minimum Gasteiger partial charge on any atom is -0.433 e. The third-order valence-electron chi connectivity index (χ3n) is 6.68. The summed E-state index contributed by atoms with van der Waals surface area (Å²) in [6.07, 6.45) is 23.1. The summed E-state index contributed by atoms with van der Waals surface area (Å²) in [5.41, 5.74) is -0.301. The number of ether oxygens (including phenoxy) is 2. The molecule has 7 heteroatoms. The lowest BCUT2D eigenvalue weighted by Gasteiger charge is -2.26. The fourth-order valence-electron chi connectivity index (χ4n) is 4.11. The van der Waals surface area contributed by atoms with Gasteiger partial charge in [-0.05, 0) is 18.9 Å². The number of nitrogens with zero attached hydrogens (tertiary/aromatic N) is 1. The highest BCUT2D eigenvalue weighted by atomic mass is 31.2. The number of hydrogen-bond donors (Lipinski definition) is 1. The SMILES string of the molecule is CCCCCCCCCCCCCCCCOCC[C@@](C)(/C=C/OP(=O)(O)CC[N+](C)(C)C)COC. The fourth-order valence-corrected chi connectivity index (χ4v) is 5.32. The molecule has 0 aliphatic carbocycles. The van der Waals surface area contributed by atoms with E-state index in [0.29, 0.717) is 24.2 Å². The maximum atomic E-state index is 12.2. The molecule has 0 bridgehead atoms. The number of quaternary nitrogens is 1. The quantitative estimate of drug-likeness (QED) is 0.0528. The molecule has 0 saturated carbocycles. The van der Waals surface area contributed by atoms with Crippen molar-refractivity contribution in [3.63, 3.8) is 0 Å². The molecule has 0 aliphatic rings. The predicted molar refractivity (Wildman–Crippen MR) is 154 cm³/mol. The van der Waals surface area contributed by atoms with Crippen molar-refractivity contribution < 1.29 is 27.9 Å². The van der Waals surface area contributed by atoms with Gasteiger partial charge in [0.05, 0.1) is 40.6 Å². The third kappa shape index (κ3) is 24.0. The molecule has 6 nitrogen and oxygen atoms in total. The lowest BCUT2D eigenvalue weighted by molar-refractivity contribution is -0.867. The Hall–Kier alpha value is -0.390. The summed E-state index contributed by atoms with van der Waals surface area (Å²) < 4.78 is 29.3. The van der Waals surface area contributed by atoms with Crippen LogP contribution in [0.1, 0.15) is 110 Å². The van der Waals surface area contributed by atoms with Crippen LogP contribution in [0.5, 0.6) is 0 Å². The monoisotopic (exact) mass is 534 g/mol. The summed E-state index contributed by atoms with van der Waals surface area (Å²) in [6.45, 7) is 6.84. The molecule has 0 saturated heterocycles. The van der Waals surface area contributed by atoms with Crippen LogP contribution in [-0.4, -0.2) is 70.2 Å². The van der Waals surface area contributed by atoms with E-state index in [2.05, 4.69) is 13.8 Å². The molecule has 1 N–H and O–H groups in total. The van der Waals surface area contributed by atoms with Gasteiger partial charge in [-0.25, -0.2) is 4.57 Å². The first-order valence-corrected chi connectivity index (χ1v) is 16.3. The molecule has 0 aromatic rings. The van der Waals surface area contributed by atoms with Gasteiger partial charge in [-0.3, -0.25) is 0 Å². The molecule has 0 radical (unpaired) electrons. The fraction of sp³-hybridized carbons (Fsp3) is 0.931. The highest BCUT2D eigenvalue weighted by molar-refractivity contribution is 7.52. The van der Waals surface area contributed by atoms with Crippen molar-refractivity contribution in [1.82, 2.24) is 0 Å². The van der Waals surface area contributed by atoms with Gasteiger partial charge < -0.3 is 23.4 Å². The maximum absolute atomic E-state index is 12.2. The Morgan fingerprint density at radius 3 is 1.81 bits per heavy atom. The highest BCUT2D eigenvalue weighted by Gasteiger charge is 2.25. The molecular formula is C29H61NO5P+. The first kappa shape index (κ1) is 35.6. The third-order valence-corrected chi connectivity index (χ3v) is 7.90. The van der Waals surface area contributed by atoms with Crippen molar-refractivity contribution in [2.45, 2.75) is 110 Å². The zero-order valence-electron chi connectivity index (χ0n) is 24.8. The van der Waals surface area contributed by atoms with Crippen molar-refractivity contribution in [3.8, 4) is 0 Å². The Balaban J connectivity index is 3.83. The average Bonchev–Trinajstić information content (AvgIpc) is 2.79. The highest BCUT2D eigenvalue weighted by Crippen LogP contribution is 2.42. The summed E-state index contributed by atoms with van der Waals surface area (Å²) in [5, 5.41) is 0. The van der Waals surface area contributed by atoms with Crippen LogP contribution in [0.2, 0.25) is 0 Å². The normalized spacial score (nSPS) is 15.8. The van der Waals surface area contributed by atoms with Gasteiger partial charge in [-0.1, -0.05) is 97.3 Å². The predicted octanol–water partition coefficient (Wildman–Crippen LogP) is 7.95. The Labute approximate surface area is 224 Å². The second-order valence-corrected chi connectivity index (χ2v) is 13.8.